The zero-order valence-corrected chi connectivity index (χ0v) is 9.24. The predicted molar refractivity (Wildman–Crippen MR) is 59.5 cm³/mol. The number of aryl methyl sites for hydroxylation is 2. The maximum atomic E-state index is 13.0. The second-order valence-corrected chi connectivity index (χ2v) is 3.67. The predicted octanol–water partition coefficient (Wildman–Crippen LogP) is 1.87. The fraction of sp³-hybridized carbons (Fsp3) is 0.273. The van der Waals surface area contributed by atoms with Crippen molar-refractivity contribution >= 4 is 5.69 Å². The molecule has 0 saturated carbocycles. The Kier molecular flexibility index (Phi) is 2.85. The zero-order chi connectivity index (χ0) is 11.5. The van der Waals surface area contributed by atoms with Crippen LogP contribution in [0.3, 0.4) is 0 Å². The van der Waals surface area contributed by atoms with Gasteiger partial charge in [-0.3, -0.25) is 0 Å². The van der Waals surface area contributed by atoms with Crippen molar-refractivity contribution < 1.29 is 4.39 Å². The molecule has 0 spiro atoms. The van der Waals surface area contributed by atoms with Gasteiger partial charge in [0.15, 0.2) is 5.82 Å². The Morgan fingerprint density at radius 2 is 2.25 bits per heavy atom. The van der Waals surface area contributed by atoms with Crippen LogP contribution in [0.1, 0.15) is 11.4 Å². The molecule has 5 heteroatoms. The monoisotopic (exact) mass is 220 g/mol. The van der Waals surface area contributed by atoms with Gasteiger partial charge >= 0.3 is 0 Å². The number of rotatable bonds is 3. The van der Waals surface area contributed by atoms with E-state index in [2.05, 4.69) is 15.5 Å². The van der Waals surface area contributed by atoms with Gasteiger partial charge in [-0.15, -0.1) is 10.2 Å². The summed E-state index contributed by atoms with van der Waals surface area (Å²) in [5.74, 6) is 0.565. The van der Waals surface area contributed by atoms with E-state index in [0.717, 1.165) is 17.1 Å². The molecule has 1 N–H and O–H groups in total. The fourth-order valence-electron chi connectivity index (χ4n) is 1.43. The van der Waals surface area contributed by atoms with Crippen LogP contribution in [0.25, 0.3) is 0 Å². The molecule has 0 aliphatic heterocycles. The Hall–Kier alpha value is -1.91. The lowest BCUT2D eigenvalue weighted by Crippen LogP contribution is -2.06. The minimum Gasteiger partial charge on any atom is -0.377 e. The first-order valence-electron chi connectivity index (χ1n) is 4.99. The normalized spacial score (nSPS) is 10.4. The molecule has 2 rings (SSSR count). The molecule has 1 heterocycles. The lowest BCUT2D eigenvalue weighted by molar-refractivity contribution is 0.627. The van der Waals surface area contributed by atoms with E-state index in [1.165, 1.54) is 12.1 Å². The first-order chi connectivity index (χ1) is 7.66. The minimum absolute atomic E-state index is 0.244. The van der Waals surface area contributed by atoms with Gasteiger partial charge in [-0.2, -0.15) is 0 Å². The van der Waals surface area contributed by atoms with E-state index in [1.807, 2.05) is 18.5 Å². The molecular formula is C11H13FN4. The van der Waals surface area contributed by atoms with Crippen LogP contribution in [0.15, 0.2) is 24.5 Å². The van der Waals surface area contributed by atoms with Crippen molar-refractivity contribution in [2.45, 2.75) is 13.5 Å². The van der Waals surface area contributed by atoms with Gasteiger partial charge in [0.05, 0.1) is 6.54 Å². The van der Waals surface area contributed by atoms with E-state index in [0.29, 0.717) is 6.54 Å². The average molecular weight is 220 g/mol. The summed E-state index contributed by atoms with van der Waals surface area (Å²) in [6.45, 7) is 2.46. The Bertz CT molecular complexity index is 492. The first-order valence-corrected chi connectivity index (χ1v) is 4.99. The molecule has 0 unspecified atom stereocenters. The highest BCUT2D eigenvalue weighted by Crippen LogP contribution is 2.16. The maximum absolute atomic E-state index is 13.0. The van der Waals surface area contributed by atoms with Gasteiger partial charge in [-0.25, -0.2) is 4.39 Å². The summed E-state index contributed by atoms with van der Waals surface area (Å²) in [7, 11) is 1.87. The Morgan fingerprint density at radius 1 is 1.44 bits per heavy atom. The number of halogens is 1. The van der Waals surface area contributed by atoms with E-state index in [-0.39, 0.29) is 5.82 Å². The Balaban J connectivity index is 2.10. The van der Waals surface area contributed by atoms with E-state index >= 15 is 0 Å². The number of nitrogens with zero attached hydrogens (tertiary/aromatic N) is 3. The van der Waals surface area contributed by atoms with Gasteiger partial charge in [0.1, 0.15) is 12.1 Å². The number of hydrogen-bond donors (Lipinski definition) is 1. The molecule has 0 radical (unpaired) electrons. The molecule has 0 saturated heterocycles. The molecule has 0 amide bonds. The molecule has 2 aromatic rings. The molecule has 4 nitrogen and oxygen atoms in total. The lowest BCUT2D eigenvalue weighted by Gasteiger charge is -2.08. The molecule has 1 aromatic carbocycles. The second kappa shape index (κ2) is 4.30. The second-order valence-electron chi connectivity index (χ2n) is 3.67. The largest absolute Gasteiger partial charge is 0.377 e. The summed E-state index contributed by atoms with van der Waals surface area (Å²) < 4.78 is 14.8. The maximum Gasteiger partial charge on any atom is 0.151 e. The van der Waals surface area contributed by atoms with E-state index in [9.17, 15) is 4.39 Å². The highest BCUT2D eigenvalue weighted by atomic mass is 19.1. The van der Waals surface area contributed by atoms with Gasteiger partial charge in [0.25, 0.3) is 0 Å². The molecule has 0 aliphatic carbocycles. The van der Waals surface area contributed by atoms with Crippen molar-refractivity contribution in [1.29, 1.82) is 0 Å². The van der Waals surface area contributed by atoms with Gasteiger partial charge in [0.2, 0.25) is 0 Å². The Labute approximate surface area is 93.1 Å². The van der Waals surface area contributed by atoms with Crippen molar-refractivity contribution in [3.8, 4) is 0 Å². The summed E-state index contributed by atoms with van der Waals surface area (Å²) in [6.07, 6.45) is 1.63. The van der Waals surface area contributed by atoms with Gasteiger partial charge in [-0.05, 0) is 24.6 Å². The van der Waals surface area contributed by atoms with Crippen molar-refractivity contribution in [1.82, 2.24) is 14.8 Å². The van der Waals surface area contributed by atoms with Crippen LogP contribution in [0, 0.1) is 12.7 Å². The highest BCUT2D eigenvalue weighted by Gasteiger charge is 2.03. The van der Waals surface area contributed by atoms with E-state index in [1.54, 1.807) is 12.4 Å². The number of nitrogens with one attached hydrogen (secondary N) is 1. The van der Waals surface area contributed by atoms with Crippen LogP contribution >= 0.6 is 0 Å². The third-order valence-electron chi connectivity index (χ3n) is 2.44. The molecule has 0 bridgehead atoms. The van der Waals surface area contributed by atoms with Crippen LogP contribution in [0.5, 0.6) is 0 Å². The summed E-state index contributed by atoms with van der Waals surface area (Å²) in [4.78, 5) is 0. The van der Waals surface area contributed by atoms with Gasteiger partial charge in [0, 0.05) is 12.7 Å². The molecule has 84 valence electrons. The van der Waals surface area contributed by atoms with E-state index < -0.39 is 0 Å². The van der Waals surface area contributed by atoms with E-state index in [4.69, 9.17) is 0 Å². The summed E-state index contributed by atoms with van der Waals surface area (Å²) in [5.41, 5.74) is 1.78. The lowest BCUT2D eigenvalue weighted by atomic mass is 10.2. The SMILES string of the molecule is Cc1ccc(F)cc1NCc1nncn1C. The number of benzene rings is 1. The number of anilines is 1. The quantitative estimate of drug-likeness (QED) is 0.858. The summed E-state index contributed by atoms with van der Waals surface area (Å²) in [6, 6.07) is 4.67. The highest BCUT2D eigenvalue weighted by molar-refractivity contribution is 5.50. The molecule has 16 heavy (non-hydrogen) atoms. The van der Waals surface area contributed by atoms with Crippen molar-refractivity contribution in [3.63, 3.8) is 0 Å². The zero-order valence-electron chi connectivity index (χ0n) is 9.24. The van der Waals surface area contributed by atoms with Crippen LogP contribution in [-0.2, 0) is 13.6 Å². The third kappa shape index (κ3) is 2.18. The van der Waals surface area contributed by atoms with Crippen molar-refractivity contribution in [2.75, 3.05) is 5.32 Å². The molecule has 0 fully saturated rings. The van der Waals surface area contributed by atoms with Crippen molar-refractivity contribution in [3.05, 3.63) is 41.7 Å². The van der Waals surface area contributed by atoms with Gasteiger partial charge < -0.3 is 9.88 Å². The fourth-order valence-corrected chi connectivity index (χ4v) is 1.43. The molecular weight excluding hydrogens is 207 g/mol. The smallest absolute Gasteiger partial charge is 0.151 e. The van der Waals surface area contributed by atoms with Crippen LogP contribution in [0.2, 0.25) is 0 Å². The summed E-state index contributed by atoms with van der Waals surface area (Å²) in [5, 5.41) is 10.8. The van der Waals surface area contributed by atoms with Crippen LogP contribution in [0.4, 0.5) is 10.1 Å². The average Bonchev–Trinajstić information content (AvgIpc) is 2.66. The van der Waals surface area contributed by atoms with Crippen molar-refractivity contribution in [2.24, 2.45) is 7.05 Å². The topological polar surface area (TPSA) is 42.7 Å². The minimum atomic E-state index is -0.244. The molecule has 1 aromatic heterocycles. The molecule has 0 atom stereocenters. The third-order valence-corrected chi connectivity index (χ3v) is 2.44. The number of hydrogen-bond acceptors (Lipinski definition) is 3. The first kappa shape index (κ1) is 10.6. The standard InChI is InChI=1S/C11H13FN4/c1-8-3-4-9(12)5-10(8)13-6-11-15-14-7-16(11)2/h3-5,7,13H,6H2,1-2H3. The van der Waals surface area contributed by atoms with Crippen LogP contribution < -0.4 is 5.32 Å². The van der Waals surface area contributed by atoms with Crippen LogP contribution in [-0.4, -0.2) is 14.8 Å². The molecule has 0 aliphatic rings. The number of aromatic nitrogens is 3. The van der Waals surface area contributed by atoms with Gasteiger partial charge in [-0.1, -0.05) is 6.07 Å². The Morgan fingerprint density at radius 3 is 2.94 bits per heavy atom. The summed E-state index contributed by atoms with van der Waals surface area (Å²) >= 11 is 0.